The summed E-state index contributed by atoms with van der Waals surface area (Å²) in [5, 5.41) is 13.4. The molecule has 7 nitrogen and oxygen atoms in total. The van der Waals surface area contributed by atoms with Crippen LogP contribution in [0.15, 0.2) is 48.5 Å². The number of nitro benzene ring substituents is 1. The molecule has 1 aromatic heterocycles. The van der Waals surface area contributed by atoms with Gasteiger partial charge in [0.15, 0.2) is 0 Å². The van der Waals surface area contributed by atoms with Gasteiger partial charge in [0, 0.05) is 25.1 Å². The lowest BCUT2D eigenvalue weighted by Crippen LogP contribution is -2.27. The van der Waals surface area contributed by atoms with E-state index in [-0.39, 0.29) is 18.0 Å². The molecular formula is C17H16N4O3. The zero-order valence-electron chi connectivity index (χ0n) is 12.9. The number of aromatic amines is 1. The average molecular weight is 324 g/mol. The number of carbonyl (C=O) groups is 1. The Morgan fingerprint density at radius 1 is 1.17 bits per heavy atom. The summed E-state index contributed by atoms with van der Waals surface area (Å²) in [6.07, 6.45) is 0.804. The van der Waals surface area contributed by atoms with E-state index >= 15 is 0 Å². The van der Waals surface area contributed by atoms with Crippen LogP contribution >= 0.6 is 0 Å². The molecular weight excluding hydrogens is 308 g/mol. The van der Waals surface area contributed by atoms with Crippen molar-refractivity contribution >= 4 is 22.6 Å². The lowest BCUT2D eigenvalue weighted by atomic mass is 10.1. The predicted molar refractivity (Wildman–Crippen MR) is 89.6 cm³/mol. The number of carbonyl (C=O) groups excluding carboxylic acids is 1. The maximum Gasteiger partial charge on any atom is 0.269 e. The van der Waals surface area contributed by atoms with Gasteiger partial charge in [0.1, 0.15) is 5.82 Å². The third kappa shape index (κ3) is 3.75. The van der Waals surface area contributed by atoms with Crippen LogP contribution < -0.4 is 5.32 Å². The first-order chi connectivity index (χ1) is 11.6. The number of non-ortho nitro benzene ring substituents is 1. The minimum absolute atomic E-state index is 0.0176. The largest absolute Gasteiger partial charge is 0.355 e. The number of aromatic nitrogens is 2. The van der Waals surface area contributed by atoms with Gasteiger partial charge in [0.05, 0.1) is 22.4 Å². The summed E-state index contributed by atoms with van der Waals surface area (Å²) in [6.45, 7) is 0.478. The topological polar surface area (TPSA) is 101 Å². The standard InChI is InChI=1S/C17H16N4O3/c22-17(11-12-5-7-13(8-6-12)21(23)24)18-10-9-16-19-14-3-1-2-4-15(14)20-16/h1-8H,9-11H2,(H,18,22)(H,19,20). The molecule has 2 aromatic carbocycles. The average Bonchev–Trinajstić information content (AvgIpc) is 2.98. The minimum Gasteiger partial charge on any atom is -0.355 e. The van der Waals surface area contributed by atoms with Gasteiger partial charge in [-0.15, -0.1) is 0 Å². The van der Waals surface area contributed by atoms with Gasteiger partial charge in [0.2, 0.25) is 5.91 Å². The number of rotatable bonds is 6. The first-order valence-corrected chi connectivity index (χ1v) is 7.55. The van der Waals surface area contributed by atoms with Crippen molar-refractivity contribution < 1.29 is 9.72 Å². The molecule has 0 aliphatic carbocycles. The molecule has 3 rings (SSSR count). The van der Waals surface area contributed by atoms with Gasteiger partial charge in [0.25, 0.3) is 5.69 Å². The highest BCUT2D eigenvalue weighted by atomic mass is 16.6. The quantitative estimate of drug-likeness (QED) is 0.537. The molecule has 0 fully saturated rings. The third-order valence-electron chi connectivity index (χ3n) is 3.63. The van der Waals surface area contributed by atoms with E-state index < -0.39 is 4.92 Å². The van der Waals surface area contributed by atoms with Crippen LogP contribution in [0.25, 0.3) is 11.0 Å². The number of nitrogens with zero attached hydrogens (tertiary/aromatic N) is 2. The molecule has 2 N–H and O–H groups in total. The summed E-state index contributed by atoms with van der Waals surface area (Å²) in [6, 6.07) is 13.7. The second kappa shape index (κ2) is 6.91. The molecule has 3 aromatic rings. The van der Waals surface area contributed by atoms with Crippen LogP contribution in [0.3, 0.4) is 0 Å². The fourth-order valence-electron chi connectivity index (χ4n) is 2.43. The molecule has 0 radical (unpaired) electrons. The number of hydrogen-bond donors (Lipinski definition) is 2. The molecule has 122 valence electrons. The van der Waals surface area contributed by atoms with Gasteiger partial charge >= 0.3 is 0 Å². The Labute approximate surface area is 137 Å². The maximum absolute atomic E-state index is 11.9. The predicted octanol–water partition coefficient (Wildman–Crippen LogP) is 2.37. The van der Waals surface area contributed by atoms with Gasteiger partial charge < -0.3 is 10.3 Å². The first kappa shape index (κ1) is 15.7. The summed E-state index contributed by atoms with van der Waals surface area (Å²) in [7, 11) is 0. The molecule has 0 unspecified atom stereocenters. The van der Waals surface area contributed by atoms with Crippen molar-refractivity contribution in [1.82, 2.24) is 15.3 Å². The van der Waals surface area contributed by atoms with Gasteiger partial charge in [-0.1, -0.05) is 24.3 Å². The Balaban J connectivity index is 1.49. The SMILES string of the molecule is O=C(Cc1ccc([N+](=O)[O-])cc1)NCCc1nc2ccccc2[nH]1. The van der Waals surface area contributed by atoms with Crippen molar-refractivity contribution in [3.8, 4) is 0 Å². The molecule has 0 spiro atoms. The molecule has 1 heterocycles. The Kier molecular flexibility index (Phi) is 4.51. The lowest BCUT2D eigenvalue weighted by Gasteiger charge is -2.04. The highest BCUT2D eigenvalue weighted by molar-refractivity contribution is 5.78. The lowest BCUT2D eigenvalue weighted by molar-refractivity contribution is -0.384. The van der Waals surface area contributed by atoms with Crippen molar-refractivity contribution in [2.45, 2.75) is 12.8 Å². The smallest absolute Gasteiger partial charge is 0.269 e. The number of hydrogen-bond acceptors (Lipinski definition) is 4. The Morgan fingerprint density at radius 3 is 2.62 bits per heavy atom. The molecule has 0 bridgehead atoms. The molecule has 0 atom stereocenters. The number of nitro groups is 1. The van der Waals surface area contributed by atoms with Crippen molar-refractivity contribution in [3.05, 3.63) is 70.0 Å². The van der Waals surface area contributed by atoms with Crippen LogP contribution in [0, 0.1) is 10.1 Å². The number of fused-ring (bicyclic) bond motifs is 1. The van der Waals surface area contributed by atoms with Crippen LogP contribution in [0.1, 0.15) is 11.4 Å². The van der Waals surface area contributed by atoms with E-state index in [1.54, 1.807) is 12.1 Å². The second-order valence-corrected chi connectivity index (χ2v) is 5.40. The van der Waals surface area contributed by atoms with E-state index in [9.17, 15) is 14.9 Å². The maximum atomic E-state index is 11.9. The summed E-state index contributed by atoms with van der Waals surface area (Å²) in [4.78, 5) is 29.7. The fraction of sp³-hybridized carbons (Fsp3) is 0.176. The van der Waals surface area contributed by atoms with Crippen LogP contribution in [-0.2, 0) is 17.6 Å². The zero-order chi connectivity index (χ0) is 16.9. The molecule has 0 saturated carbocycles. The Hall–Kier alpha value is -3.22. The van der Waals surface area contributed by atoms with Gasteiger partial charge in [-0.25, -0.2) is 4.98 Å². The number of nitrogens with one attached hydrogen (secondary N) is 2. The molecule has 24 heavy (non-hydrogen) atoms. The fourth-order valence-corrected chi connectivity index (χ4v) is 2.43. The summed E-state index contributed by atoms with van der Waals surface area (Å²) in [5.74, 6) is 0.701. The normalized spacial score (nSPS) is 10.7. The van der Waals surface area contributed by atoms with Gasteiger partial charge in [-0.2, -0.15) is 0 Å². The van der Waals surface area contributed by atoms with Crippen LogP contribution in [0.5, 0.6) is 0 Å². The minimum atomic E-state index is -0.461. The molecule has 7 heteroatoms. The van der Waals surface area contributed by atoms with Crippen molar-refractivity contribution in [3.63, 3.8) is 0 Å². The number of imidazole rings is 1. The Bertz CT molecular complexity index is 838. The number of amides is 1. The number of benzene rings is 2. The van der Waals surface area contributed by atoms with E-state index in [2.05, 4.69) is 15.3 Å². The molecule has 0 aliphatic heterocycles. The third-order valence-corrected chi connectivity index (χ3v) is 3.63. The highest BCUT2D eigenvalue weighted by Crippen LogP contribution is 2.12. The first-order valence-electron chi connectivity index (χ1n) is 7.55. The molecule has 0 saturated heterocycles. The number of H-pyrrole nitrogens is 1. The van der Waals surface area contributed by atoms with E-state index in [0.717, 1.165) is 22.4 Å². The summed E-state index contributed by atoms with van der Waals surface area (Å²) in [5.41, 5.74) is 2.64. The van der Waals surface area contributed by atoms with E-state index in [4.69, 9.17) is 0 Å². The Morgan fingerprint density at radius 2 is 1.92 bits per heavy atom. The van der Waals surface area contributed by atoms with Crippen molar-refractivity contribution in [2.75, 3.05) is 6.54 Å². The van der Waals surface area contributed by atoms with Crippen molar-refractivity contribution in [2.24, 2.45) is 0 Å². The summed E-state index contributed by atoms with van der Waals surface area (Å²) >= 11 is 0. The molecule has 0 aliphatic rings. The monoisotopic (exact) mass is 324 g/mol. The zero-order valence-corrected chi connectivity index (χ0v) is 12.9. The van der Waals surface area contributed by atoms with E-state index in [1.807, 2.05) is 24.3 Å². The van der Waals surface area contributed by atoms with E-state index in [0.29, 0.717) is 13.0 Å². The van der Waals surface area contributed by atoms with E-state index in [1.165, 1.54) is 12.1 Å². The van der Waals surface area contributed by atoms with Crippen LogP contribution in [0.2, 0.25) is 0 Å². The van der Waals surface area contributed by atoms with Crippen molar-refractivity contribution in [1.29, 1.82) is 0 Å². The number of para-hydroxylation sites is 2. The second-order valence-electron chi connectivity index (χ2n) is 5.40. The van der Waals surface area contributed by atoms with Crippen LogP contribution in [-0.4, -0.2) is 27.3 Å². The molecule has 1 amide bonds. The summed E-state index contributed by atoms with van der Waals surface area (Å²) < 4.78 is 0. The van der Waals surface area contributed by atoms with Crippen LogP contribution in [0.4, 0.5) is 5.69 Å². The highest BCUT2D eigenvalue weighted by Gasteiger charge is 2.08. The van der Waals surface area contributed by atoms with Gasteiger partial charge in [-0.3, -0.25) is 14.9 Å². The van der Waals surface area contributed by atoms with Gasteiger partial charge in [-0.05, 0) is 17.7 Å².